The zero-order valence-corrected chi connectivity index (χ0v) is 13.0. The number of likely N-dealkylation sites (tertiary alicyclic amines) is 1. The fraction of sp³-hybridized carbons (Fsp3) is 0.211. The van der Waals surface area contributed by atoms with Gasteiger partial charge < -0.3 is 14.4 Å². The third-order valence-corrected chi connectivity index (χ3v) is 4.52. The van der Waals surface area contributed by atoms with Crippen LogP contribution in [0.5, 0.6) is 0 Å². The van der Waals surface area contributed by atoms with E-state index in [0.717, 1.165) is 5.52 Å². The molecular weight excluding hydrogens is 307 g/mol. The number of amides is 1. The molecule has 3 aromatic rings. The second kappa shape index (κ2) is 5.76. The molecule has 1 N–H and O–H groups in total. The van der Waals surface area contributed by atoms with Crippen LogP contribution in [-0.4, -0.2) is 33.0 Å². The summed E-state index contributed by atoms with van der Waals surface area (Å²) in [6, 6.07) is 13.5. The summed E-state index contributed by atoms with van der Waals surface area (Å²) in [7, 11) is 0. The number of carbonyl (C=O) groups is 1. The van der Waals surface area contributed by atoms with Gasteiger partial charge in [-0.15, -0.1) is 0 Å². The number of benzene rings is 1. The number of aliphatic hydroxyl groups excluding tert-OH is 1. The SMILES string of the molecule is O=C(c1cc2ccccn2c1)N1C[C@H](O)C[C@H]1c1cccc(F)c1. The molecule has 5 heteroatoms. The van der Waals surface area contributed by atoms with Crippen molar-refractivity contribution >= 4 is 11.4 Å². The van der Waals surface area contributed by atoms with E-state index in [0.29, 0.717) is 17.5 Å². The summed E-state index contributed by atoms with van der Waals surface area (Å²) in [4.78, 5) is 14.6. The number of β-amino-alcohol motifs (C(OH)–C–C–N with tert-alkyl or cyclic N) is 1. The van der Waals surface area contributed by atoms with Crippen LogP contribution in [0, 0.1) is 5.82 Å². The van der Waals surface area contributed by atoms with Gasteiger partial charge in [-0.25, -0.2) is 4.39 Å². The van der Waals surface area contributed by atoms with Crippen LogP contribution in [0.3, 0.4) is 0 Å². The first-order valence-corrected chi connectivity index (χ1v) is 7.93. The largest absolute Gasteiger partial charge is 0.391 e. The van der Waals surface area contributed by atoms with Gasteiger partial charge in [0, 0.05) is 24.5 Å². The van der Waals surface area contributed by atoms with Crippen LogP contribution in [-0.2, 0) is 0 Å². The summed E-state index contributed by atoms with van der Waals surface area (Å²) in [6.07, 6.45) is 3.49. The van der Waals surface area contributed by atoms with Crippen molar-refractivity contribution in [2.75, 3.05) is 6.54 Å². The highest BCUT2D eigenvalue weighted by Gasteiger charge is 2.36. The molecular formula is C19H17FN2O2. The average molecular weight is 324 g/mol. The smallest absolute Gasteiger partial charge is 0.256 e. The minimum atomic E-state index is -0.598. The van der Waals surface area contributed by atoms with Crippen LogP contribution >= 0.6 is 0 Å². The Morgan fingerprint density at radius 2 is 2.04 bits per heavy atom. The molecule has 2 atom stereocenters. The third kappa shape index (κ3) is 2.57. The molecule has 4 rings (SSSR count). The zero-order valence-electron chi connectivity index (χ0n) is 13.0. The van der Waals surface area contributed by atoms with E-state index < -0.39 is 6.10 Å². The van der Waals surface area contributed by atoms with Gasteiger partial charge in [0.15, 0.2) is 0 Å². The number of halogens is 1. The van der Waals surface area contributed by atoms with Gasteiger partial charge in [0.25, 0.3) is 5.91 Å². The van der Waals surface area contributed by atoms with Gasteiger partial charge in [-0.1, -0.05) is 18.2 Å². The molecule has 2 aromatic heterocycles. The second-order valence-electron chi connectivity index (χ2n) is 6.18. The van der Waals surface area contributed by atoms with Crippen LogP contribution in [0.1, 0.15) is 28.4 Å². The molecule has 122 valence electrons. The van der Waals surface area contributed by atoms with E-state index in [-0.39, 0.29) is 24.3 Å². The van der Waals surface area contributed by atoms with E-state index in [2.05, 4.69) is 0 Å². The second-order valence-corrected chi connectivity index (χ2v) is 6.18. The molecule has 24 heavy (non-hydrogen) atoms. The Bertz CT molecular complexity index is 872. The van der Waals surface area contributed by atoms with Gasteiger partial charge in [0.05, 0.1) is 17.7 Å². The van der Waals surface area contributed by atoms with Gasteiger partial charge in [0.1, 0.15) is 5.82 Å². The number of nitrogens with zero attached hydrogens (tertiary/aromatic N) is 2. The highest BCUT2D eigenvalue weighted by atomic mass is 19.1. The van der Waals surface area contributed by atoms with Crippen molar-refractivity contribution in [1.29, 1.82) is 0 Å². The molecule has 0 radical (unpaired) electrons. The molecule has 0 bridgehead atoms. The van der Waals surface area contributed by atoms with E-state index in [1.54, 1.807) is 23.2 Å². The van der Waals surface area contributed by atoms with Crippen LogP contribution in [0.2, 0.25) is 0 Å². The molecule has 3 heterocycles. The Morgan fingerprint density at radius 1 is 1.17 bits per heavy atom. The maximum absolute atomic E-state index is 13.5. The molecule has 4 nitrogen and oxygen atoms in total. The first kappa shape index (κ1) is 14.9. The van der Waals surface area contributed by atoms with Gasteiger partial charge in [-0.2, -0.15) is 0 Å². The number of carbonyl (C=O) groups excluding carboxylic acids is 1. The third-order valence-electron chi connectivity index (χ3n) is 4.52. The monoisotopic (exact) mass is 324 g/mol. The fourth-order valence-electron chi connectivity index (χ4n) is 3.41. The van der Waals surface area contributed by atoms with Gasteiger partial charge in [0.2, 0.25) is 0 Å². The molecule has 1 amide bonds. The Labute approximate surface area is 138 Å². The minimum absolute atomic E-state index is 0.149. The van der Waals surface area contributed by atoms with Gasteiger partial charge in [-0.3, -0.25) is 4.79 Å². The summed E-state index contributed by atoms with van der Waals surface area (Å²) in [6.45, 7) is 0.256. The number of fused-ring (bicyclic) bond motifs is 1. The Morgan fingerprint density at radius 3 is 2.83 bits per heavy atom. The minimum Gasteiger partial charge on any atom is -0.391 e. The Kier molecular flexibility index (Phi) is 3.58. The number of pyridine rings is 1. The quantitative estimate of drug-likeness (QED) is 0.787. The highest BCUT2D eigenvalue weighted by molar-refractivity contribution is 5.96. The molecule has 1 fully saturated rings. The van der Waals surface area contributed by atoms with Crippen LogP contribution in [0.15, 0.2) is 60.9 Å². The van der Waals surface area contributed by atoms with Crippen molar-refractivity contribution in [3.63, 3.8) is 0 Å². The van der Waals surface area contributed by atoms with Crippen LogP contribution in [0.4, 0.5) is 4.39 Å². The highest BCUT2D eigenvalue weighted by Crippen LogP contribution is 2.33. The normalized spacial score (nSPS) is 20.7. The van der Waals surface area contributed by atoms with E-state index in [1.165, 1.54) is 12.1 Å². The number of rotatable bonds is 2. The number of hydrogen-bond acceptors (Lipinski definition) is 2. The molecule has 0 saturated carbocycles. The topological polar surface area (TPSA) is 45.0 Å². The summed E-state index contributed by atoms with van der Waals surface area (Å²) in [5.41, 5.74) is 2.21. The first-order valence-electron chi connectivity index (χ1n) is 7.93. The fourth-order valence-corrected chi connectivity index (χ4v) is 3.41. The zero-order chi connectivity index (χ0) is 16.7. The average Bonchev–Trinajstić information content (AvgIpc) is 3.17. The lowest BCUT2D eigenvalue weighted by Crippen LogP contribution is -2.31. The first-order chi connectivity index (χ1) is 11.6. The van der Waals surface area contributed by atoms with Gasteiger partial charge >= 0.3 is 0 Å². The van der Waals surface area contributed by atoms with Crippen molar-refractivity contribution in [3.8, 4) is 0 Å². The van der Waals surface area contributed by atoms with Crippen molar-refractivity contribution < 1.29 is 14.3 Å². The van der Waals surface area contributed by atoms with Crippen molar-refractivity contribution in [1.82, 2.24) is 9.30 Å². The summed E-state index contributed by atoms with van der Waals surface area (Å²) >= 11 is 0. The van der Waals surface area contributed by atoms with Crippen molar-refractivity contribution in [2.45, 2.75) is 18.6 Å². The molecule has 1 aliphatic rings. The standard InChI is InChI=1S/C19H17FN2O2/c20-15-5-3-4-13(8-15)18-10-17(23)12-22(18)19(24)14-9-16-6-1-2-7-21(16)11-14/h1-9,11,17-18,23H,10,12H2/t17-,18+/m1/s1. The lowest BCUT2D eigenvalue weighted by atomic mass is 10.0. The molecule has 1 aliphatic heterocycles. The maximum Gasteiger partial charge on any atom is 0.256 e. The molecule has 0 unspecified atom stereocenters. The lowest BCUT2D eigenvalue weighted by molar-refractivity contribution is 0.0715. The Hall–Kier alpha value is -2.66. The van der Waals surface area contributed by atoms with E-state index in [1.807, 2.05) is 34.9 Å². The number of aromatic nitrogens is 1. The van der Waals surface area contributed by atoms with E-state index in [9.17, 15) is 14.3 Å². The predicted octanol–water partition coefficient (Wildman–Crippen LogP) is 3.03. The van der Waals surface area contributed by atoms with Crippen molar-refractivity contribution in [2.24, 2.45) is 0 Å². The molecule has 1 aromatic carbocycles. The predicted molar refractivity (Wildman–Crippen MR) is 88.2 cm³/mol. The molecule has 0 aliphatic carbocycles. The van der Waals surface area contributed by atoms with Crippen molar-refractivity contribution in [3.05, 3.63) is 77.9 Å². The van der Waals surface area contributed by atoms with Crippen LogP contribution in [0.25, 0.3) is 5.52 Å². The molecule has 0 spiro atoms. The summed E-state index contributed by atoms with van der Waals surface area (Å²) in [5, 5.41) is 10.0. The number of hydrogen-bond donors (Lipinski definition) is 1. The van der Waals surface area contributed by atoms with Gasteiger partial charge in [-0.05, 0) is 42.3 Å². The van der Waals surface area contributed by atoms with E-state index >= 15 is 0 Å². The summed E-state index contributed by atoms with van der Waals surface area (Å²) < 4.78 is 15.4. The van der Waals surface area contributed by atoms with Crippen LogP contribution < -0.4 is 0 Å². The Balaban J connectivity index is 1.68. The summed E-state index contributed by atoms with van der Waals surface area (Å²) in [5.74, 6) is -0.486. The lowest BCUT2D eigenvalue weighted by Gasteiger charge is -2.24. The molecule has 1 saturated heterocycles. The van der Waals surface area contributed by atoms with E-state index in [4.69, 9.17) is 0 Å². The maximum atomic E-state index is 13.5. The number of aliphatic hydroxyl groups is 1.